The first-order valence-corrected chi connectivity index (χ1v) is 45.0. The Morgan fingerprint density at radius 3 is 0.993 bits per heavy atom. The van der Waals surface area contributed by atoms with Crippen molar-refractivity contribution in [3.63, 3.8) is 0 Å². The van der Waals surface area contributed by atoms with Gasteiger partial charge in [-0.05, 0) is 205 Å². The summed E-state index contributed by atoms with van der Waals surface area (Å²) in [5, 5.41) is 6.14. The maximum Gasteiger partial charge on any atom is 0.252 e. The van der Waals surface area contributed by atoms with E-state index in [4.69, 9.17) is 17.7 Å². The number of hydrogen-bond acceptors (Lipinski definition) is 6. The van der Waals surface area contributed by atoms with E-state index in [2.05, 4.69) is 155 Å². The summed E-state index contributed by atoms with van der Waals surface area (Å²) in [4.78, 5) is 4.66. The van der Waals surface area contributed by atoms with Gasteiger partial charge in [-0.1, -0.05) is 321 Å². The van der Waals surface area contributed by atoms with E-state index >= 15 is 0 Å². The molecule has 0 atom stereocenters. The van der Waals surface area contributed by atoms with Crippen LogP contribution in [0.4, 0.5) is 34.1 Å². The van der Waals surface area contributed by atoms with Crippen LogP contribution >= 0.6 is 0 Å². The maximum atomic E-state index is 10.3. The molecule has 29 rings (SSSR count). The minimum absolute atomic E-state index is 0.110. The molecule has 8 nitrogen and oxygen atoms in total. The summed E-state index contributed by atoms with van der Waals surface area (Å²) in [6, 6.07) is 112. The number of aromatic nitrogens is 2. The minimum Gasteiger partial charge on any atom is -0.456 e. The van der Waals surface area contributed by atoms with Gasteiger partial charge in [0.15, 0.2) is 0 Å². The molecule has 0 aliphatic carbocycles. The molecule has 0 spiro atoms. The third kappa shape index (κ3) is 11.3. The number of hydrogen-bond donors (Lipinski definition) is 0. The van der Waals surface area contributed by atoms with E-state index in [-0.39, 0.29) is 55.0 Å². The normalized spacial score (nSPS) is 14.2. The van der Waals surface area contributed by atoms with Crippen LogP contribution in [-0.2, 0) is 0 Å². The lowest BCUT2D eigenvalue weighted by molar-refractivity contribution is 0.665. The van der Waals surface area contributed by atoms with Crippen molar-refractivity contribution in [3.8, 4) is 100 Å². The average molecular weight is 1740 g/mol. The van der Waals surface area contributed by atoms with Crippen molar-refractivity contribution in [2.75, 3.05) is 9.80 Å². The number of fused-ring (bicyclic) bond motifs is 22. The Balaban J connectivity index is 0.860. The molecule has 2 aliphatic rings. The summed E-state index contributed by atoms with van der Waals surface area (Å²) >= 11 is 0. The number of furan rings is 4. The lowest BCUT2D eigenvalue weighted by Gasteiger charge is -2.46. The highest BCUT2D eigenvalue weighted by Gasteiger charge is 2.47. The Bertz CT molecular complexity index is 10100. The topological polar surface area (TPSA) is 68.9 Å². The molecule has 27 aromatic rings. The van der Waals surface area contributed by atoms with Crippen LogP contribution in [0.2, 0.25) is 0 Å². The monoisotopic (exact) mass is 1730 g/mol. The van der Waals surface area contributed by atoms with Gasteiger partial charge in [-0.15, -0.1) is 0 Å². The van der Waals surface area contributed by atoms with Gasteiger partial charge in [0.2, 0.25) is 0 Å². The highest BCUT2D eigenvalue weighted by molar-refractivity contribution is 7.00. The number of rotatable bonds is 12. The molecule has 0 amide bonds. The zero-order chi connectivity index (χ0) is 102. The van der Waals surface area contributed by atoms with Crippen molar-refractivity contribution in [2.45, 2.75) is 0 Å². The van der Waals surface area contributed by atoms with Crippen molar-refractivity contribution in [1.29, 1.82) is 0 Å². The second-order valence-corrected chi connectivity index (χ2v) is 34.7. The van der Waals surface area contributed by atoms with Crippen molar-refractivity contribution in [3.05, 3.63) is 455 Å². The predicted molar refractivity (Wildman–Crippen MR) is 562 cm³/mol. The summed E-state index contributed by atoms with van der Waals surface area (Å²) in [6.07, 6.45) is 0. The zero-order valence-electron chi connectivity index (χ0n) is 87.6. The van der Waals surface area contributed by atoms with Gasteiger partial charge in [-0.3, -0.25) is 0 Å². The summed E-state index contributed by atoms with van der Waals surface area (Å²) < 4.78 is 189. The fraction of sp³-hybridized carbons (Fsp3) is 0. The SMILES string of the molecule is [2H]c1c([2H])c([2H])c2c(c1[2H])c1c([2H])c([2H])c([2H])c([2H])c1n2-c1ccc2c(c1)N(c1c(-c3ccccc3)cc(-c3ccccc3)cc1-c1cccc3oc4ccccc4c13)c1cc(-c3cc(-c4cccc5c4oc4ccccc45)c4oc5ccccc5c4c3)cc3c1B2c1ccc(-n2c4c([2H])c([2H])c([2H])c([2H])c4c4c([2H])c([2H])c([2H])c([2H])c42)cc1N3c1c(-c2ccccc2)cc(-c2ccccc2)cc1-c1cccc2oc3ccccc3c12. The smallest absolute Gasteiger partial charge is 0.252 e. The quantitative estimate of drug-likeness (QED) is 0.114. The van der Waals surface area contributed by atoms with E-state index in [1.54, 1.807) is 9.13 Å². The van der Waals surface area contributed by atoms with Crippen molar-refractivity contribution in [2.24, 2.45) is 0 Å². The standard InChI is InChI=1S/C126H75BN4O4/c1-5-32-76(33-6-1)80-66-98(78-36-9-3-10-37-78)123(100(68-80)92-48-30-60-118-120(92)96-46-19-27-58-116(96)132-118)130-110-74-84(128-106-52-21-13-40-86(106)87-41-14-22-53-107(87)128)62-64-104(110)127-105-65-63-85(129-108-54-23-15-42-88(108)89-43-16-24-55-109(89)129)75-111(105)131(124-99(79-38-11-4-12-39-79)67-81(77-34-7-2-8-35-77)69-101(124)93-49-31-61-119-121(93)97-47-20-28-59-117(97)133-119)113-73-83(72-112(130)122(113)127)82-70-102-91-45-18-26-57-115(91)135-126(102)103(71-82)95-51-29-50-94-90-44-17-25-56-114(90)134-125(94)95/h1-75H/i13D,14D,15D,16D,21D,22D,23D,24D,40D,41D,42D,43D,52D,53D,54D,55D. The third-order valence-corrected chi connectivity index (χ3v) is 27.6. The first-order chi connectivity index (χ1) is 73.6. The average Bonchev–Trinajstić information content (AvgIpc) is 1.58. The number of nitrogens with zero attached hydrogens (tertiary/aromatic N) is 4. The zero-order valence-corrected chi connectivity index (χ0v) is 71.6. The molecular formula is C126H75BN4O4. The molecule has 6 aromatic heterocycles. The van der Waals surface area contributed by atoms with Crippen LogP contribution in [0, 0.1) is 0 Å². The summed E-state index contributed by atoms with van der Waals surface area (Å²) in [5.41, 5.74) is 22.6. The van der Waals surface area contributed by atoms with Gasteiger partial charge in [-0.25, -0.2) is 0 Å². The first kappa shape index (κ1) is 60.8. The molecule has 626 valence electrons. The Hall–Kier alpha value is -17.9. The maximum absolute atomic E-state index is 10.3. The Morgan fingerprint density at radius 1 is 0.207 bits per heavy atom. The molecule has 9 heteroatoms. The molecular weight excluding hydrogens is 1640 g/mol. The molecule has 0 radical (unpaired) electrons. The van der Waals surface area contributed by atoms with Crippen LogP contribution < -0.4 is 26.2 Å². The van der Waals surface area contributed by atoms with E-state index < -0.39 is 103 Å². The van der Waals surface area contributed by atoms with E-state index in [9.17, 15) is 21.9 Å². The molecule has 21 aromatic carbocycles. The molecule has 8 heterocycles. The van der Waals surface area contributed by atoms with Crippen LogP contribution in [0.5, 0.6) is 0 Å². The summed E-state index contributed by atoms with van der Waals surface area (Å²) in [5.74, 6) is 0. The van der Waals surface area contributed by atoms with Gasteiger partial charge in [0.05, 0.1) is 55.4 Å². The number of benzene rings is 21. The van der Waals surface area contributed by atoms with E-state index in [0.29, 0.717) is 118 Å². The largest absolute Gasteiger partial charge is 0.456 e. The molecule has 0 saturated carbocycles. The fourth-order valence-electron chi connectivity index (χ4n) is 21.8. The second-order valence-electron chi connectivity index (χ2n) is 34.7. The molecule has 0 fully saturated rings. The minimum atomic E-state index is -0.983. The molecule has 0 unspecified atom stereocenters. The predicted octanol–water partition coefficient (Wildman–Crippen LogP) is 32.9. The van der Waals surface area contributed by atoms with Gasteiger partial charge in [0.1, 0.15) is 44.7 Å². The molecule has 135 heavy (non-hydrogen) atoms. The van der Waals surface area contributed by atoms with Crippen LogP contribution in [0.25, 0.3) is 232 Å². The molecule has 0 saturated heterocycles. The van der Waals surface area contributed by atoms with Gasteiger partial charge in [-0.2, -0.15) is 0 Å². The van der Waals surface area contributed by atoms with Gasteiger partial charge < -0.3 is 36.6 Å². The van der Waals surface area contributed by atoms with Gasteiger partial charge >= 0.3 is 0 Å². The number of para-hydroxylation sites is 9. The highest BCUT2D eigenvalue weighted by atomic mass is 16.3. The Labute approximate surface area is 797 Å². The third-order valence-electron chi connectivity index (χ3n) is 27.6. The van der Waals surface area contributed by atoms with Crippen LogP contribution in [-0.4, -0.2) is 15.8 Å². The van der Waals surface area contributed by atoms with Crippen molar-refractivity contribution < 1.29 is 39.6 Å². The first-order valence-electron chi connectivity index (χ1n) is 53.0. The van der Waals surface area contributed by atoms with Gasteiger partial charge in [0, 0.05) is 132 Å². The van der Waals surface area contributed by atoms with Crippen LogP contribution in [0.15, 0.2) is 472 Å². The van der Waals surface area contributed by atoms with Crippen molar-refractivity contribution >= 4 is 189 Å². The van der Waals surface area contributed by atoms with Crippen LogP contribution in [0.1, 0.15) is 21.9 Å². The van der Waals surface area contributed by atoms with Gasteiger partial charge in [0.25, 0.3) is 6.71 Å². The summed E-state index contributed by atoms with van der Waals surface area (Å²) in [7, 11) is 0. The highest BCUT2D eigenvalue weighted by Crippen LogP contribution is 2.59. The molecule has 2 aliphatic heterocycles. The lowest BCUT2D eigenvalue weighted by Crippen LogP contribution is -2.61. The van der Waals surface area contributed by atoms with Crippen LogP contribution in [0.3, 0.4) is 0 Å². The lowest BCUT2D eigenvalue weighted by atomic mass is 9.33. The Morgan fingerprint density at radius 2 is 0.541 bits per heavy atom. The number of anilines is 6. The molecule has 0 bridgehead atoms. The fourth-order valence-corrected chi connectivity index (χ4v) is 21.8. The van der Waals surface area contributed by atoms with E-state index in [0.717, 1.165) is 110 Å². The van der Waals surface area contributed by atoms with E-state index in [1.807, 2.05) is 212 Å². The Kier molecular flexibility index (Phi) is 13.2. The van der Waals surface area contributed by atoms with E-state index in [1.165, 1.54) is 0 Å². The second kappa shape index (κ2) is 29.3. The summed E-state index contributed by atoms with van der Waals surface area (Å²) in [6.45, 7) is -0.983. The molecule has 0 N–H and O–H groups in total. The van der Waals surface area contributed by atoms with Crippen molar-refractivity contribution in [1.82, 2.24) is 9.13 Å².